The Labute approximate surface area is 80.2 Å². The van der Waals surface area contributed by atoms with Gasteiger partial charge in [0.25, 0.3) is 0 Å². The van der Waals surface area contributed by atoms with E-state index < -0.39 is 0 Å². The van der Waals surface area contributed by atoms with Crippen molar-refractivity contribution in [2.45, 2.75) is 0 Å². The average molecular weight is 225 g/mol. The van der Waals surface area contributed by atoms with Crippen molar-refractivity contribution in [2.75, 3.05) is 13.2 Å². The summed E-state index contributed by atoms with van der Waals surface area (Å²) >= 11 is 3.40. The summed E-state index contributed by atoms with van der Waals surface area (Å²) in [5, 5.41) is 0. The highest BCUT2D eigenvalue weighted by Crippen LogP contribution is 2.16. The van der Waals surface area contributed by atoms with Crippen LogP contribution in [0.3, 0.4) is 0 Å². The molecule has 0 amide bonds. The molecule has 12 heavy (non-hydrogen) atoms. The van der Waals surface area contributed by atoms with Crippen molar-refractivity contribution >= 4 is 22.0 Å². The molecule has 0 N–H and O–H groups in total. The van der Waals surface area contributed by atoms with Gasteiger partial charge in [0, 0.05) is 4.47 Å². The van der Waals surface area contributed by atoms with Gasteiger partial charge in [0.05, 0.1) is 13.2 Å². The second-order valence-electron chi connectivity index (χ2n) is 2.85. The van der Waals surface area contributed by atoms with Gasteiger partial charge in [-0.3, -0.25) is 0 Å². The van der Waals surface area contributed by atoms with Crippen LogP contribution < -0.4 is 0 Å². The number of benzene rings is 1. The fourth-order valence-electron chi connectivity index (χ4n) is 1.10. The first kappa shape index (κ1) is 8.02. The minimum atomic E-state index is 0.802. The standard InChI is InChI=1S/C10H9BrO/c11-10-3-1-8(2-4-10)5-9-6-12-7-9/h1-5H,6-7H2. The molecule has 1 nitrogen and oxygen atoms in total. The van der Waals surface area contributed by atoms with E-state index in [0.717, 1.165) is 17.7 Å². The van der Waals surface area contributed by atoms with Crippen LogP contribution in [0.2, 0.25) is 0 Å². The Morgan fingerprint density at radius 1 is 1.17 bits per heavy atom. The lowest BCUT2D eigenvalue weighted by molar-refractivity contribution is 0.105. The summed E-state index contributed by atoms with van der Waals surface area (Å²) in [5.74, 6) is 0. The van der Waals surface area contributed by atoms with E-state index in [1.165, 1.54) is 11.1 Å². The third-order valence-corrected chi connectivity index (χ3v) is 2.34. The predicted octanol–water partition coefficient (Wildman–Crippen LogP) is 2.86. The van der Waals surface area contributed by atoms with E-state index >= 15 is 0 Å². The lowest BCUT2D eigenvalue weighted by Gasteiger charge is -2.17. The van der Waals surface area contributed by atoms with E-state index in [1.54, 1.807) is 0 Å². The minimum absolute atomic E-state index is 0.802. The second kappa shape index (κ2) is 3.42. The second-order valence-corrected chi connectivity index (χ2v) is 3.76. The highest BCUT2D eigenvalue weighted by molar-refractivity contribution is 9.10. The maximum atomic E-state index is 5.05. The number of ether oxygens (including phenoxy) is 1. The molecule has 1 saturated heterocycles. The number of hydrogen-bond acceptors (Lipinski definition) is 1. The summed E-state index contributed by atoms with van der Waals surface area (Å²) in [4.78, 5) is 0. The van der Waals surface area contributed by atoms with E-state index in [2.05, 4.69) is 34.1 Å². The van der Waals surface area contributed by atoms with Crippen LogP contribution in [-0.2, 0) is 4.74 Å². The van der Waals surface area contributed by atoms with Gasteiger partial charge < -0.3 is 4.74 Å². The molecule has 2 rings (SSSR count). The van der Waals surface area contributed by atoms with E-state index in [4.69, 9.17) is 4.74 Å². The SMILES string of the molecule is Brc1ccc(C=C2COC2)cc1. The molecule has 0 spiro atoms. The van der Waals surface area contributed by atoms with Crippen molar-refractivity contribution in [2.24, 2.45) is 0 Å². The summed E-state index contributed by atoms with van der Waals surface area (Å²) in [5.41, 5.74) is 2.62. The monoisotopic (exact) mass is 224 g/mol. The van der Waals surface area contributed by atoms with Gasteiger partial charge in [-0.1, -0.05) is 34.1 Å². The third kappa shape index (κ3) is 1.76. The molecule has 62 valence electrons. The topological polar surface area (TPSA) is 9.23 Å². The third-order valence-electron chi connectivity index (χ3n) is 1.82. The number of hydrogen-bond donors (Lipinski definition) is 0. The molecule has 0 radical (unpaired) electrons. The lowest BCUT2D eigenvalue weighted by Crippen LogP contribution is -2.15. The van der Waals surface area contributed by atoms with Crippen LogP contribution in [0.5, 0.6) is 0 Å². The maximum absolute atomic E-state index is 5.05. The number of rotatable bonds is 1. The van der Waals surface area contributed by atoms with Gasteiger partial charge >= 0.3 is 0 Å². The molecule has 2 heteroatoms. The lowest BCUT2D eigenvalue weighted by atomic mass is 10.1. The van der Waals surface area contributed by atoms with Gasteiger partial charge in [-0.25, -0.2) is 0 Å². The molecule has 0 aromatic heterocycles. The van der Waals surface area contributed by atoms with Crippen molar-refractivity contribution in [1.29, 1.82) is 0 Å². The fraction of sp³-hybridized carbons (Fsp3) is 0.200. The zero-order valence-electron chi connectivity index (χ0n) is 6.59. The van der Waals surface area contributed by atoms with Crippen molar-refractivity contribution in [3.8, 4) is 0 Å². The van der Waals surface area contributed by atoms with Crippen molar-refractivity contribution in [3.63, 3.8) is 0 Å². The minimum Gasteiger partial charge on any atom is -0.373 e. The Morgan fingerprint density at radius 3 is 2.33 bits per heavy atom. The molecule has 1 heterocycles. The Hall–Kier alpha value is -0.600. The summed E-state index contributed by atoms with van der Waals surface area (Å²) in [6.45, 7) is 1.60. The van der Waals surface area contributed by atoms with Crippen LogP contribution in [0, 0.1) is 0 Å². The molecule has 1 fully saturated rings. The first-order chi connectivity index (χ1) is 5.84. The predicted molar refractivity (Wildman–Crippen MR) is 52.9 cm³/mol. The highest BCUT2D eigenvalue weighted by Gasteiger charge is 2.07. The normalized spacial score (nSPS) is 15.6. The van der Waals surface area contributed by atoms with Gasteiger partial charge in [-0.05, 0) is 23.3 Å². The summed E-state index contributed by atoms with van der Waals surface area (Å²) in [7, 11) is 0. The van der Waals surface area contributed by atoms with Crippen LogP contribution in [-0.4, -0.2) is 13.2 Å². The quantitative estimate of drug-likeness (QED) is 0.714. The van der Waals surface area contributed by atoms with Gasteiger partial charge in [0.1, 0.15) is 0 Å². The molecule has 1 aromatic rings. The van der Waals surface area contributed by atoms with Gasteiger partial charge in [-0.2, -0.15) is 0 Å². The van der Waals surface area contributed by atoms with Gasteiger partial charge in [-0.15, -0.1) is 0 Å². The largest absolute Gasteiger partial charge is 0.373 e. The van der Waals surface area contributed by atoms with Crippen LogP contribution in [0.15, 0.2) is 34.3 Å². The maximum Gasteiger partial charge on any atom is 0.0706 e. The fourth-order valence-corrected chi connectivity index (χ4v) is 1.36. The first-order valence-corrected chi connectivity index (χ1v) is 4.67. The molecule has 0 aliphatic carbocycles. The van der Waals surface area contributed by atoms with Crippen LogP contribution >= 0.6 is 15.9 Å². The van der Waals surface area contributed by atoms with Crippen molar-refractivity contribution in [3.05, 3.63) is 39.9 Å². The summed E-state index contributed by atoms with van der Waals surface area (Å²) in [6, 6.07) is 8.28. The average Bonchev–Trinajstić information content (AvgIpc) is 2.00. The van der Waals surface area contributed by atoms with E-state index in [-0.39, 0.29) is 0 Å². The van der Waals surface area contributed by atoms with Crippen molar-refractivity contribution in [1.82, 2.24) is 0 Å². The van der Waals surface area contributed by atoms with E-state index in [9.17, 15) is 0 Å². The van der Waals surface area contributed by atoms with Crippen LogP contribution in [0.4, 0.5) is 0 Å². The molecule has 0 bridgehead atoms. The molecular weight excluding hydrogens is 216 g/mol. The van der Waals surface area contributed by atoms with Gasteiger partial charge in [0.15, 0.2) is 0 Å². The molecule has 1 aromatic carbocycles. The molecule has 0 saturated carbocycles. The Kier molecular flexibility index (Phi) is 2.28. The van der Waals surface area contributed by atoms with Crippen LogP contribution in [0.1, 0.15) is 5.56 Å². The Bertz CT molecular complexity index is 294. The van der Waals surface area contributed by atoms with Crippen LogP contribution in [0.25, 0.3) is 6.08 Å². The van der Waals surface area contributed by atoms with Gasteiger partial charge in [0.2, 0.25) is 0 Å². The summed E-state index contributed by atoms with van der Waals surface area (Å²) < 4.78 is 6.17. The highest BCUT2D eigenvalue weighted by atomic mass is 79.9. The van der Waals surface area contributed by atoms with E-state index in [1.807, 2.05) is 12.1 Å². The smallest absolute Gasteiger partial charge is 0.0706 e. The van der Waals surface area contributed by atoms with Crippen molar-refractivity contribution < 1.29 is 4.74 Å². The molecule has 1 aliphatic heterocycles. The van der Waals surface area contributed by atoms with E-state index in [0.29, 0.717) is 0 Å². The number of halogens is 1. The Morgan fingerprint density at radius 2 is 1.83 bits per heavy atom. The molecule has 0 unspecified atom stereocenters. The molecular formula is C10H9BrO. The first-order valence-electron chi connectivity index (χ1n) is 3.87. The zero-order chi connectivity index (χ0) is 8.39. The molecule has 1 aliphatic rings. The molecule has 0 atom stereocenters. The summed E-state index contributed by atoms with van der Waals surface area (Å²) in [6.07, 6.45) is 2.18. The Balaban J connectivity index is 2.18. The zero-order valence-corrected chi connectivity index (χ0v) is 8.17.